The molecule has 61 heavy (non-hydrogen) atoms. The lowest BCUT2D eigenvalue weighted by Gasteiger charge is -2.30. The molecular weight excluding hydrogens is 737 g/mol. The van der Waals surface area contributed by atoms with Crippen molar-refractivity contribution in [3.8, 4) is 39.1 Å². The summed E-state index contributed by atoms with van der Waals surface area (Å²) in [6.07, 6.45) is 0. The monoisotopic (exact) mass is 778 g/mol. The molecule has 0 atom stereocenters. The topological polar surface area (TPSA) is 8.17 Å². The van der Waals surface area contributed by atoms with Crippen molar-refractivity contribution >= 4 is 60.4 Å². The van der Waals surface area contributed by atoms with Crippen LogP contribution in [0.3, 0.4) is 0 Å². The molecule has 11 aromatic rings. The highest BCUT2D eigenvalue weighted by Gasteiger charge is 2.36. The third-order valence-corrected chi connectivity index (χ3v) is 13.2. The lowest BCUT2D eigenvalue weighted by molar-refractivity contribution is 0.660. The van der Waals surface area contributed by atoms with Gasteiger partial charge in [0.15, 0.2) is 0 Å². The predicted molar refractivity (Wildman–Crippen MR) is 259 cm³/mol. The average molecular weight is 779 g/mol. The summed E-state index contributed by atoms with van der Waals surface area (Å²) in [5, 5.41) is 7.51. The SMILES string of the molecule is CC1(C)c2ccccc2-c2ccc(N(c3ccccc3)c3ccccc3-c3ccccc3-c3ccc4c(c3)c3ccccc3n4-c3cc4ccccc4c4ccccc34)cc21. The average Bonchev–Trinajstić information content (AvgIpc) is 3.77. The fourth-order valence-corrected chi connectivity index (χ4v) is 10.3. The Morgan fingerprint density at radius 2 is 0.967 bits per heavy atom. The highest BCUT2D eigenvalue weighted by Crippen LogP contribution is 2.52. The molecule has 1 aliphatic carbocycles. The fraction of sp³-hybridized carbons (Fsp3) is 0.0508. The highest BCUT2D eigenvalue weighted by molar-refractivity contribution is 6.16. The van der Waals surface area contributed by atoms with Gasteiger partial charge in [-0.25, -0.2) is 0 Å². The van der Waals surface area contributed by atoms with E-state index in [9.17, 15) is 0 Å². The van der Waals surface area contributed by atoms with E-state index in [1.807, 2.05) is 0 Å². The van der Waals surface area contributed by atoms with Crippen LogP contribution in [0.1, 0.15) is 25.0 Å². The Morgan fingerprint density at radius 1 is 0.361 bits per heavy atom. The Bertz CT molecular complexity index is 3520. The third kappa shape index (κ3) is 5.42. The maximum absolute atomic E-state index is 2.47. The number of aromatic nitrogens is 1. The summed E-state index contributed by atoms with van der Waals surface area (Å²) >= 11 is 0. The molecule has 0 saturated heterocycles. The molecule has 2 heteroatoms. The Balaban J connectivity index is 1.03. The van der Waals surface area contributed by atoms with E-state index in [0.717, 1.165) is 17.1 Å². The van der Waals surface area contributed by atoms with Crippen molar-refractivity contribution < 1.29 is 0 Å². The minimum Gasteiger partial charge on any atom is -0.310 e. The van der Waals surface area contributed by atoms with E-state index in [-0.39, 0.29) is 5.41 Å². The van der Waals surface area contributed by atoms with E-state index in [4.69, 9.17) is 0 Å². The Labute approximate surface area is 356 Å². The molecule has 0 unspecified atom stereocenters. The molecule has 2 nitrogen and oxygen atoms in total. The molecule has 1 heterocycles. The van der Waals surface area contributed by atoms with Crippen molar-refractivity contribution in [2.24, 2.45) is 0 Å². The molecule has 0 aliphatic heterocycles. The number of hydrogen-bond donors (Lipinski definition) is 0. The van der Waals surface area contributed by atoms with Crippen molar-refractivity contribution in [1.29, 1.82) is 0 Å². The van der Waals surface area contributed by atoms with Crippen LogP contribution in [0.4, 0.5) is 17.1 Å². The molecule has 0 spiro atoms. The first-order valence-electron chi connectivity index (χ1n) is 21.3. The van der Waals surface area contributed by atoms with Crippen molar-refractivity contribution in [1.82, 2.24) is 4.57 Å². The fourth-order valence-electron chi connectivity index (χ4n) is 10.3. The van der Waals surface area contributed by atoms with Crippen LogP contribution in [0.15, 0.2) is 218 Å². The number of anilines is 3. The van der Waals surface area contributed by atoms with Crippen LogP contribution < -0.4 is 4.90 Å². The highest BCUT2D eigenvalue weighted by atomic mass is 15.1. The van der Waals surface area contributed by atoms with Gasteiger partial charge in [-0.05, 0) is 110 Å². The van der Waals surface area contributed by atoms with Gasteiger partial charge in [-0.1, -0.05) is 178 Å². The van der Waals surface area contributed by atoms with Gasteiger partial charge in [-0.3, -0.25) is 0 Å². The summed E-state index contributed by atoms with van der Waals surface area (Å²) in [4.78, 5) is 2.44. The summed E-state index contributed by atoms with van der Waals surface area (Å²) in [5.41, 5.74) is 17.0. The Hall–Kier alpha value is -7.68. The van der Waals surface area contributed by atoms with Crippen molar-refractivity contribution in [2.75, 3.05) is 4.90 Å². The van der Waals surface area contributed by atoms with Crippen molar-refractivity contribution in [2.45, 2.75) is 19.3 Å². The van der Waals surface area contributed by atoms with Gasteiger partial charge in [0.2, 0.25) is 0 Å². The number of para-hydroxylation sites is 3. The Kier molecular flexibility index (Phi) is 7.92. The first-order valence-corrected chi connectivity index (χ1v) is 21.3. The van der Waals surface area contributed by atoms with Gasteiger partial charge in [0.25, 0.3) is 0 Å². The zero-order valence-corrected chi connectivity index (χ0v) is 34.2. The van der Waals surface area contributed by atoms with Crippen LogP contribution in [0.5, 0.6) is 0 Å². The molecule has 1 aliphatic rings. The zero-order valence-electron chi connectivity index (χ0n) is 34.2. The smallest absolute Gasteiger partial charge is 0.0546 e. The Morgan fingerprint density at radius 3 is 1.80 bits per heavy atom. The normalized spacial score (nSPS) is 12.9. The van der Waals surface area contributed by atoms with Crippen LogP contribution in [-0.4, -0.2) is 4.57 Å². The molecule has 0 fully saturated rings. The summed E-state index contributed by atoms with van der Waals surface area (Å²) < 4.78 is 2.47. The molecule has 10 aromatic carbocycles. The summed E-state index contributed by atoms with van der Waals surface area (Å²) in [6, 6.07) is 80.4. The minimum absolute atomic E-state index is 0.112. The van der Waals surface area contributed by atoms with E-state index >= 15 is 0 Å². The number of benzene rings is 10. The van der Waals surface area contributed by atoms with E-state index in [0.29, 0.717) is 0 Å². The lowest BCUT2D eigenvalue weighted by Crippen LogP contribution is -2.16. The first kappa shape index (κ1) is 35.3. The molecular formula is C59H42N2. The maximum Gasteiger partial charge on any atom is 0.0546 e. The second-order valence-corrected chi connectivity index (χ2v) is 16.9. The van der Waals surface area contributed by atoms with Crippen LogP contribution in [0.25, 0.3) is 82.4 Å². The van der Waals surface area contributed by atoms with Gasteiger partial charge in [-0.2, -0.15) is 0 Å². The summed E-state index contributed by atoms with van der Waals surface area (Å²) in [6.45, 7) is 4.72. The van der Waals surface area contributed by atoms with Crippen LogP contribution in [-0.2, 0) is 5.41 Å². The molecule has 0 amide bonds. The second kappa shape index (κ2) is 13.7. The van der Waals surface area contributed by atoms with E-state index in [1.54, 1.807) is 0 Å². The molecule has 0 saturated carbocycles. The largest absolute Gasteiger partial charge is 0.310 e. The van der Waals surface area contributed by atoms with Crippen LogP contribution in [0.2, 0.25) is 0 Å². The van der Waals surface area contributed by atoms with Crippen LogP contribution in [0, 0.1) is 0 Å². The van der Waals surface area contributed by atoms with Gasteiger partial charge in [0.05, 0.1) is 22.4 Å². The maximum atomic E-state index is 2.47. The predicted octanol–water partition coefficient (Wildman–Crippen LogP) is 16.2. The quantitative estimate of drug-likeness (QED) is 0.153. The minimum atomic E-state index is -0.112. The van der Waals surface area contributed by atoms with Gasteiger partial charge in [0.1, 0.15) is 0 Å². The van der Waals surface area contributed by atoms with Gasteiger partial charge in [0, 0.05) is 38.5 Å². The van der Waals surface area contributed by atoms with E-state index in [1.165, 1.54) is 93.5 Å². The van der Waals surface area contributed by atoms with Gasteiger partial charge in [-0.15, -0.1) is 0 Å². The van der Waals surface area contributed by atoms with E-state index in [2.05, 4.69) is 242 Å². The standard InChI is InChI=1S/C59H42N2/c1-59(2)53-29-15-12-25-47(53)48-34-33-42(38-54(48)59)60(41-19-4-3-5-20-41)55-30-16-13-26-49(55)45-23-9-8-22-44(45)40-32-35-57-52(36-40)51-28-14-17-31-56(51)61(57)58-37-39-18-6-7-21-43(39)46-24-10-11-27-50(46)58/h3-38H,1-2H3. The lowest BCUT2D eigenvalue weighted by atomic mass is 9.82. The molecule has 12 rings (SSSR count). The number of nitrogens with zero attached hydrogens (tertiary/aromatic N) is 2. The number of fused-ring (bicyclic) bond motifs is 9. The molecule has 288 valence electrons. The number of rotatable bonds is 6. The van der Waals surface area contributed by atoms with Gasteiger partial charge >= 0.3 is 0 Å². The van der Waals surface area contributed by atoms with Crippen molar-refractivity contribution in [3.63, 3.8) is 0 Å². The van der Waals surface area contributed by atoms with Crippen molar-refractivity contribution in [3.05, 3.63) is 230 Å². The van der Waals surface area contributed by atoms with Gasteiger partial charge < -0.3 is 9.47 Å². The number of hydrogen-bond acceptors (Lipinski definition) is 1. The zero-order chi connectivity index (χ0) is 40.7. The first-order chi connectivity index (χ1) is 30.0. The molecule has 0 N–H and O–H groups in total. The van der Waals surface area contributed by atoms with E-state index < -0.39 is 0 Å². The third-order valence-electron chi connectivity index (χ3n) is 13.2. The van der Waals surface area contributed by atoms with Crippen LogP contribution >= 0.6 is 0 Å². The summed E-state index contributed by atoms with van der Waals surface area (Å²) in [5.74, 6) is 0. The summed E-state index contributed by atoms with van der Waals surface area (Å²) in [7, 11) is 0. The molecule has 0 radical (unpaired) electrons. The second-order valence-electron chi connectivity index (χ2n) is 16.9. The molecule has 0 bridgehead atoms. The molecule has 1 aromatic heterocycles.